The zero-order chi connectivity index (χ0) is 17.1. The molecule has 0 bridgehead atoms. The number of carbonyl (C=O) groups is 1. The largest absolute Gasteiger partial charge is 0.493 e. The van der Waals surface area contributed by atoms with Gasteiger partial charge in [-0.05, 0) is 23.3 Å². The number of amides is 1. The van der Waals surface area contributed by atoms with Crippen LogP contribution in [-0.2, 0) is 11.3 Å². The van der Waals surface area contributed by atoms with E-state index in [1.54, 1.807) is 21.3 Å². The van der Waals surface area contributed by atoms with Gasteiger partial charge >= 0.3 is 0 Å². The fourth-order valence-corrected chi connectivity index (χ4v) is 3.05. The zero-order valence-electron chi connectivity index (χ0n) is 14.1. The van der Waals surface area contributed by atoms with Crippen LogP contribution in [0.5, 0.6) is 17.2 Å². The fourth-order valence-electron chi connectivity index (χ4n) is 3.05. The molecule has 126 valence electrons. The Labute approximate surface area is 141 Å². The van der Waals surface area contributed by atoms with E-state index in [0.29, 0.717) is 30.2 Å². The number of hydrogen-bond donors (Lipinski definition) is 0. The van der Waals surface area contributed by atoms with Crippen LogP contribution in [0.3, 0.4) is 0 Å². The first kappa shape index (κ1) is 16.2. The highest BCUT2D eigenvalue weighted by molar-refractivity contribution is 5.83. The minimum Gasteiger partial charge on any atom is -0.493 e. The number of benzene rings is 2. The van der Waals surface area contributed by atoms with Gasteiger partial charge in [-0.25, -0.2) is 0 Å². The summed E-state index contributed by atoms with van der Waals surface area (Å²) in [5.74, 6) is 1.89. The van der Waals surface area contributed by atoms with Crippen molar-refractivity contribution in [1.82, 2.24) is 4.90 Å². The van der Waals surface area contributed by atoms with Crippen LogP contribution in [0.2, 0.25) is 0 Å². The molecule has 0 N–H and O–H groups in total. The predicted molar refractivity (Wildman–Crippen MR) is 90.4 cm³/mol. The van der Waals surface area contributed by atoms with E-state index < -0.39 is 0 Å². The Bertz CT molecular complexity index is 704. The molecule has 2 aromatic carbocycles. The molecule has 0 aliphatic carbocycles. The molecule has 1 aliphatic heterocycles. The quantitative estimate of drug-likeness (QED) is 0.765. The van der Waals surface area contributed by atoms with Crippen molar-refractivity contribution in [2.45, 2.75) is 19.0 Å². The van der Waals surface area contributed by atoms with Crippen LogP contribution in [0, 0.1) is 0 Å². The summed E-state index contributed by atoms with van der Waals surface area (Å²) in [7, 11) is 4.75. The smallest absolute Gasteiger partial charge is 0.225 e. The Morgan fingerprint density at radius 1 is 1.00 bits per heavy atom. The van der Waals surface area contributed by atoms with E-state index in [-0.39, 0.29) is 11.9 Å². The van der Waals surface area contributed by atoms with Crippen molar-refractivity contribution in [3.8, 4) is 17.2 Å². The number of likely N-dealkylation sites (tertiary alicyclic amines) is 1. The van der Waals surface area contributed by atoms with Crippen molar-refractivity contribution < 1.29 is 19.0 Å². The second kappa shape index (κ2) is 6.83. The highest BCUT2D eigenvalue weighted by Gasteiger charge is 2.37. The molecule has 1 heterocycles. The molecule has 1 amide bonds. The molecular formula is C19H21NO4. The summed E-state index contributed by atoms with van der Waals surface area (Å²) < 4.78 is 16.1. The van der Waals surface area contributed by atoms with E-state index in [4.69, 9.17) is 14.2 Å². The molecule has 5 nitrogen and oxygen atoms in total. The van der Waals surface area contributed by atoms with Crippen LogP contribution < -0.4 is 14.2 Å². The summed E-state index contributed by atoms with van der Waals surface area (Å²) in [6.07, 6.45) is 0.550. The third-order valence-corrected chi connectivity index (χ3v) is 4.33. The molecule has 5 heteroatoms. The van der Waals surface area contributed by atoms with Gasteiger partial charge in [-0.1, -0.05) is 30.3 Å². The molecule has 0 saturated carbocycles. The van der Waals surface area contributed by atoms with Gasteiger partial charge in [-0.2, -0.15) is 0 Å². The lowest BCUT2D eigenvalue weighted by molar-refractivity contribution is -0.147. The molecule has 1 unspecified atom stereocenters. The first-order chi connectivity index (χ1) is 11.7. The molecular weight excluding hydrogens is 306 g/mol. The molecule has 24 heavy (non-hydrogen) atoms. The highest BCUT2D eigenvalue weighted by atomic mass is 16.5. The van der Waals surface area contributed by atoms with Crippen LogP contribution in [0.4, 0.5) is 0 Å². The lowest BCUT2D eigenvalue weighted by Crippen LogP contribution is -2.45. The maximum atomic E-state index is 12.1. The first-order valence-corrected chi connectivity index (χ1v) is 7.81. The molecule has 3 rings (SSSR count). The minimum absolute atomic E-state index is 0.123. The van der Waals surface area contributed by atoms with Gasteiger partial charge in [0, 0.05) is 6.54 Å². The van der Waals surface area contributed by atoms with Gasteiger partial charge in [-0.15, -0.1) is 0 Å². The fraction of sp³-hybridized carbons (Fsp3) is 0.316. The second-order valence-corrected chi connectivity index (χ2v) is 5.69. The number of nitrogens with zero attached hydrogens (tertiary/aromatic N) is 1. The van der Waals surface area contributed by atoms with E-state index in [1.807, 2.05) is 35.2 Å². The van der Waals surface area contributed by atoms with Crippen LogP contribution in [0.15, 0.2) is 42.5 Å². The molecule has 0 radical (unpaired) electrons. The van der Waals surface area contributed by atoms with Crippen LogP contribution in [0.25, 0.3) is 0 Å². The molecule has 1 aliphatic rings. The van der Waals surface area contributed by atoms with Crippen LogP contribution in [-0.4, -0.2) is 32.1 Å². The number of methoxy groups -OCH3 is 3. The Balaban J connectivity index is 1.86. The molecule has 2 aromatic rings. The molecule has 1 saturated heterocycles. The summed E-state index contributed by atoms with van der Waals surface area (Å²) >= 11 is 0. The summed E-state index contributed by atoms with van der Waals surface area (Å²) in [4.78, 5) is 14.0. The van der Waals surface area contributed by atoms with Crippen molar-refractivity contribution in [1.29, 1.82) is 0 Å². The second-order valence-electron chi connectivity index (χ2n) is 5.69. The topological polar surface area (TPSA) is 48.0 Å². The number of rotatable bonds is 6. The van der Waals surface area contributed by atoms with E-state index in [9.17, 15) is 4.79 Å². The molecule has 0 spiro atoms. The van der Waals surface area contributed by atoms with Gasteiger partial charge in [0.25, 0.3) is 0 Å². The first-order valence-electron chi connectivity index (χ1n) is 7.81. The standard InChI is InChI=1S/C19H21NO4/c1-22-16-9-13(10-17(23-2)19(16)24-3)12-20-15(11-18(20)21)14-7-5-4-6-8-14/h4-10,15H,11-12H2,1-3H3. The summed E-state index contributed by atoms with van der Waals surface area (Å²) in [5.41, 5.74) is 2.10. The van der Waals surface area contributed by atoms with E-state index in [0.717, 1.165) is 11.1 Å². The van der Waals surface area contributed by atoms with Crippen molar-refractivity contribution in [2.24, 2.45) is 0 Å². The third-order valence-electron chi connectivity index (χ3n) is 4.33. The van der Waals surface area contributed by atoms with Crippen molar-refractivity contribution in [2.75, 3.05) is 21.3 Å². The third kappa shape index (κ3) is 2.89. The van der Waals surface area contributed by atoms with E-state index in [1.165, 1.54) is 0 Å². The average Bonchev–Trinajstić information content (AvgIpc) is 2.63. The summed E-state index contributed by atoms with van der Waals surface area (Å²) in [5, 5.41) is 0. The monoisotopic (exact) mass is 327 g/mol. The van der Waals surface area contributed by atoms with Gasteiger partial charge < -0.3 is 19.1 Å². The predicted octanol–water partition coefficient (Wildman–Crippen LogP) is 3.19. The zero-order valence-corrected chi connectivity index (χ0v) is 14.1. The highest BCUT2D eigenvalue weighted by Crippen LogP contribution is 2.41. The number of hydrogen-bond acceptors (Lipinski definition) is 4. The Morgan fingerprint density at radius 3 is 2.12 bits per heavy atom. The number of β-lactam (4-membered cyclic amide) rings is 1. The maximum Gasteiger partial charge on any atom is 0.225 e. The van der Waals surface area contributed by atoms with Gasteiger partial charge in [0.2, 0.25) is 11.7 Å². The average molecular weight is 327 g/mol. The normalized spacial score (nSPS) is 16.5. The van der Waals surface area contributed by atoms with Gasteiger partial charge in [0.1, 0.15) is 0 Å². The maximum absolute atomic E-state index is 12.1. The minimum atomic E-state index is 0.123. The lowest BCUT2D eigenvalue weighted by Gasteiger charge is -2.41. The summed E-state index contributed by atoms with van der Waals surface area (Å²) in [6.45, 7) is 0.509. The number of carbonyl (C=O) groups excluding carboxylic acids is 1. The SMILES string of the molecule is COc1cc(CN2C(=O)CC2c2ccccc2)cc(OC)c1OC. The van der Waals surface area contributed by atoms with Crippen molar-refractivity contribution in [3.05, 3.63) is 53.6 Å². The van der Waals surface area contributed by atoms with Gasteiger partial charge in [0.05, 0.1) is 33.8 Å². The number of ether oxygens (including phenoxy) is 3. The van der Waals surface area contributed by atoms with Gasteiger partial charge in [-0.3, -0.25) is 4.79 Å². The summed E-state index contributed by atoms with van der Waals surface area (Å²) in [6, 6.07) is 14.0. The Kier molecular flexibility index (Phi) is 4.60. The van der Waals surface area contributed by atoms with E-state index >= 15 is 0 Å². The van der Waals surface area contributed by atoms with Crippen LogP contribution in [0.1, 0.15) is 23.6 Å². The van der Waals surface area contributed by atoms with Crippen molar-refractivity contribution in [3.63, 3.8) is 0 Å². The molecule has 1 atom stereocenters. The van der Waals surface area contributed by atoms with E-state index in [2.05, 4.69) is 12.1 Å². The van der Waals surface area contributed by atoms with Crippen LogP contribution >= 0.6 is 0 Å². The Hall–Kier alpha value is -2.69. The van der Waals surface area contributed by atoms with Gasteiger partial charge in [0.15, 0.2) is 11.5 Å². The lowest BCUT2D eigenvalue weighted by atomic mass is 9.93. The molecule has 0 aromatic heterocycles. The Morgan fingerprint density at radius 2 is 1.62 bits per heavy atom. The molecule has 1 fully saturated rings. The van der Waals surface area contributed by atoms with Crippen molar-refractivity contribution >= 4 is 5.91 Å².